The van der Waals surface area contributed by atoms with E-state index in [1.807, 2.05) is 24.3 Å². The zero-order valence-corrected chi connectivity index (χ0v) is 11.5. The van der Waals surface area contributed by atoms with E-state index in [-0.39, 0.29) is 0 Å². The van der Waals surface area contributed by atoms with Crippen molar-refractivity contribution in [1.29, 1.82) is 0 Å². The molecule has 1 aromatic heterocycles. The number of nitrogens with two attached hydrogens (primary N) is 1. The first-order chi connectivity index (χ1) is 9.74. The molecule has 5 heteroatoms. The number of morpholine rings is 1. The van der Waals surface area contributed by atoms with Crippen molar-refractivity contribution in [2.75, 3.05) is 36.9 Å². The second-order valence-electron chi connectivity index (χ2n) is 4.92. The minimum Gasteiger partial charge on any atom is -0.399 e. The Balaban J connectivity index is 1.96. The molecule has 0 radical (unpaired) electrons. The Morgan fingerprint density at radius 2 is 2.00 bits per heavy atom. The van der Waals surface area contributed by atoms with E-state index in [4.69, 9.17) is 10.5 Å². The number of anilines is 2. The summed E-state index contributed by atoms with van der Waals surface area (Å²) in [6.07, 6.45) is 1.80. The summed E-state index contributed by atoms with van der Waals surface area (Å²) in [5.41, 5.74) is 9.75. The first-order valence-electron chi connectivity index (χ1n) is 6.76. The molecule has 0 aliphatic carbocycles. The molecule has 2 N–H and O–H groups in total. The number of hydrogen-bond donors (Lipinski definition) is 1. The second kappa shape index (κ2) is 5.46. The van der Waals surface area contributed by atoms with Crippen molar-refractivity contribution in [3.05, 3.63) is 36.0 Å². The second-order valence-corrected chi connectivity index (χ2v) is 4.92. The van der Waals surface area contributed by atoms with Gasteiger partial charge in [-0.05, 0) is 30.7 Å². The van der Waals surface area contributed by atoms with E-state index in [0.717, 1.165) is 54.8 Å². The van der Waals surface area contributed by atoms with Gasteiger partial charge in [-0.15, -0.1) is 0 Å². The van der Waals surface area contributed by atoms with Gasteiger partial charge in [0.15, 0.2) is 0 Å². The Labute approximate surface area is 118 Å². The van der Waals surface area contributed by atoms with Crippen LogP contribution in [0, 0.1) is 6.92 Å². The van der Waals surface area contributed by atoms with Crippen molar-refractivity contribution in [2.45, 2.75) is 6.92 Å². The lowest BCUT2D eigenvalue weighted by Crippen LogP contribution is -2.37. The molecule has 1 aliphatic rings. The third-order valence-corrected chi connectivity index (χ3v) is 3.47. The molecule has 2 heterocycles. The largest absolute Gasteiger partial charge is 0.399 e. The topological polar surface area (TPSA) is 64.3 Å². The van der Waals surface area contributed by atoms with Gasteiger partial charge in [-0.1, -0.05) is 6.07 Å². The maximum Gasteiger partial charge on any atom is 0.226 e. The van der Waals surface area contributed by atoms with Gasteiger partial charge in [0, 0.05) is 30.5 Å². The first-order valence-corrected chi connectivity index (χ1v) is 6.76. The summed E-state index contributed by atoms with van der Waals surface area (Å²) in [7, 11) is 0. The predicted molar refractivity (Wildman–Crippen MR) is 79.6 cm³/mol. The number of benzene rings is 1. The molecule has 0 amide bonds. The SMILES string of the molecule is Cc1ccc(N)cc1-c1ccnc(N2CCOCC2)n1. The molecule has 1 fully saturated rings. The third-order valence-electron chi connectivity index (χ3n) is 3.47. The Morgan fingerprint density at radius 1 is 1.20 bits per heavy atom. The van der Waals surface area contributed by atoms with E-state index < -0.39 is 0 Å². The van der Waals surface area contributed by atoms with Crippen LogP contribution < -0.4 is 10.6 Å². The van der Waals surface area contributed by atoms with Crippen LogP contribution in [0.25, 0.3) is 11.3 Å². The van der Waals surface area contributed by atoms with Gasteiger partial charge in [0.05, 0.1) is 18.9 Å². The van der Waals surface area contributed by atoms with Gasteiger partial charge in [-0.25, -0.2) is 9.97 Å². The Morgan fingerprint density at radius 3 is 2.80 bits per heavy atom. The van der Waals surface area contributed by atoms with E-state index in [0.29, 0.717) is 0 Å². The number of aromatic nitrogens is 2. The Hall–Kier alpha value is -2.14. The summed E-state index contributed by atoms with van der Waals surface area (Å²) in [5, 5.41) is 0. The molecular formula is C15H18N4O. The standard InChI is InChI=1S/C15H18N4O/c1-11-2-3-12(16)10-13(11)14-4-5-17-15(18-14)19-6-8-20-9-7-19/h2-5,10H,6-9,16H2,1H3. The van der Waals surface area contributed by atoms with Gasteiger partial charge >= 0.3 is 0 Å². The van der Waals surface area contributed by atoms with Gasteiger partial charge in [-0.2, -0.15) is 0 Å². The smallest absolute Gasteiger partial charge is 0.226 e. The fraction of sp³-hybridized carbons (Fsp3) is 0.333. The number of aryl methyl sites for hydroxylation is 1. The first kappa shape index (κ1) is 12.9. The van der Waals surface area contributed by atoms with Crippen molar-refractivity contribution < 1.29 is 4.74 Å². The summed E-state index contributed by atoms with van der Waals surface area (Å²) < 4.78 is 5.36. The average Bonchev–Trinajstić information content (AvgIpc) is 2.51. The zero-order valence-electron chi connectivity index (χ0n) is 11.5. The van der Waals surface area contributed by atoms with Gasteiger partial charge < -0.3 is 15.4 Å². The summed E-state index contributed by atoms with van der Waals surface area (Å²) in [6.45, 7) is 5.18. The molecule has 0 bridgehead atoms. The normalized spacial score (nSPS) is 15.3. The molecule has 1 saturated heterocycles. The van der Waals surface area contributed by atoms with Gasteiger partial charge in [-0.3, -0.25) is 0 Å². The Kier molecular flexibility index (Phi) is 3.52. The van der Waals surface area contributed by atoms with Crippen LogP contribution in [0.1, 0.15) is 5.56 Å². The summed E-state index contributed by atoms with van der Waals surface area (Å²) in [5.74, 6) is 0.757. The maximum absolute atomic E-state index is 5.88. The Bertz CT molecular complexity index is 609. The van der Waals surface area contributed by atoms with Crippen LogP contribution >= 0.6 is 0 Å². The summed E-state index contributed by atoms with van der Waals surface area (Å²) >= 11 is 0. The lowest BCUT2D eigenvalue weighted by atomic mass is 10.0. The van der Waals surface area contributed by atoms with Crippen molar-refractivity contribution in [2.24, 2.45) is 0 Å². The minimum atomic E-state index is 0.727. The molecule has 3 rings (SSSR count). The summed E-state index contributed by atoms with van der Waals surface area (Å²) in [4.78, 5) is 11.2. The van der Waals surface area contributed by atoms with E-state index >= 15 is 0 Å². The fourth-order valence-electron chi connectivity index (χ4n) is 2.33. The van der Waals surface area contributed by atoms with Crippen LogP contribution in [-0.2, 0) is 4.74 Å². The van der Waals surface area contributed by atoms with E-state index in [2.05, 4.69) is 21.8 Å². The molecule has 0 unspecified atom stereocenters. The molecule has 20 heavy (non-hydrogen) atoms. The van der Waals surface area contributed by atoms with E-state index in [9.17, 15) is 0 Å². The highest BCUT2D eigenvalue weighted by Gasteiger charge is 2.14. The fourth-order valence-corrected chi connectivity index (χ4v) is 2.33. The van der Waals surface area contributed by atoms with Crippen LogP contribution in [0.3, 0.4) is 0 Å². The molecule has 1 aromatic carbocycles. The van der Waals surface area contributed by atoms with Crippen molar-refractivity contribution in [3.63, 3.8) is 0 Å². The predicted octanol–water partition coefficient (Wildman–Crippen LogP) is 1.87. The molecule has 1 aliphatic heterocycles. The van der Waals surface area contributed by atoms with Crippen LogP contribution in [0.2, 0.25) is 0 Å². The average molecular weight is 270 g/mol. The maximum atomic E-state index is 5.88. The molecule has 0 spiro atoms. The molecule has 2 aromatic rings. The number of nitrogen functional groups attached to an aromatic ring is 1. The van der Waals surface area contributed by atoms with Crippen LogP contribution in [0.4, 0.5) is 11.6 Å². The highest BCUT2D eigenvalue weighted by molar-refractivity contribution is 5.68. The highest BCUT2D eigenvalue weighted by Crippen LogP contribution is 2.25. The van der Waals surface area contributed by atoms with E-state index in [1.165, 1.54) is 0 Å². The zero-order chi connectivity index (χ0) is 13.9. The van der Waals surface area contributed by atoms with Gasteiger partial charge in [0.25, 0.3) is 0 Å². The van der Waals surface area contributed by atoms with E-state index in [1.54, 1.807) is 6.20 Å². The third kappa shape index (κ3) is 2.58. The minimum absolute atomic E-state index is 0.727. The molecule has 104 valence electrons. The molecular weight excluding hydrogens is 252 g/mol. The number of nitrogens with zero attached hydrogens (tertiary/aromatic N) is 3. The van der Waals surface area contributed by atoms with Gasteiger partial charge in [0.1, 0.15) is 0 Å². The number of rotatable bonds is 2. The molecule has 0 saturated carbocycles. The van der Waals surface area contributed by atoms with Crippen molar-refractivity contribution >= 4 is 11.6 Å². The molecule has 5 nitrogen and oxygen atoms in total. The quantitative estimate of drug-likeness (QED) is 0.844. The molecule has 0 atom stereocenters. The van der Waals surface area contributed by atoms with Crippen LogP contribution in [0.5, 0.6) is 0 Å². The van der Waals surface area contributed by atoms with Crippen molar-refractivity contribution in [3.8, 4) is 11.3 Å². The van der Waals surface area contributed by atoms with Crippen LogP contribution in [0.15, 0.2) is 30.5 Å². The van der Waals surface area contributed by atoms with Gasteiger partial charge in [0.2, 0.25) is 5.95 Å². The number of hydrogen-bond acceptors (Lipinski definition) is 5. The lowest BCUT2D eigenvalue weighted by molar-refractivity contribution is 0.122. The van der Waals surface area contributed by atoms with Crippen molar-refractivity contribution in [1.82, 2.24) is 9.97 Å². The van der Waals surface area contributed by atoms with Crippen LogP contribution in [-0.4, -0.2) is 36.3 Å². The highest BCUT2D eigenvalue weighted by atomic mass is 16.5. The lowest BCUT2D eigenvalue weighted by Gasteiger charge is -2.26. The monoisotopic (exact) mass is 270 g/mol. The number of ether oxygens (including phenoxy) is 1. The summed E-state index contributed by atoms with van der Waals surface area (Å²) in [6, 6.07) is 7.80.